The Bertz CT molecular complexity index is 499. The van der Waals surface area contributed by atoms with Gasteiger partial charge in [-0.1, -0.05) is 0 Å². The molecule has 0 aliphatic rings. The monoisotopic (exact) mass is 268 g/mol. The Balaban J connectivity index is 3.36. The molecule has 0 aliphatic carbocycles. The fraction of sp³-hybridized carbons (Fsp3) is 0.500. The lowest BCUT2D eigenvalue weighted by atomic mass is 9.88. The second-order valence-electron chi connectivity index (χ2n) is 4.32. The van der Waals surface area contributed by atoms with Crippen molar-refractivity contribution >= 4 is 11.7 Å². The van der Waals surface area contributed by atoms with E-state index in [1.165, 1.54) is 33.1 Å². The van der Waals surface area contributed by atoms with Gasteiger partial charge in [-0.15, -0.1) is 0 Å². The molecule has 104 valence electrons. The third-order valence-electron chi connectivity index (χ3n) is 2.63. The van der Waals surface area contributed by atoms with Gasteiger partial charge in [-0.05, 0) is 20.8 Å². The summed E-state index contributed by atoms with van der Waals surface area (Å²) in [4.78, 5) is 26.4. The number of aromatic nitrogens is 1. The Morgan fingerprint density at radius 1 is 1.47 bits per heavy atom. The van der Waals surface area contributed by atoms with E-state index in [1.807, 2.05) is 0 Å². The summed E-state index contributed by atoms with van der Waals surface area (Å²) in [6.07, 6.45) is 0. The maximum absolute atomic E-state index is 11.9. The van der Waals surface area contributed by atoms with Gasteiger partial charge in [0.15, 0.2) is 0 Å². The topological polar surface area (TPSA) is 91.6 Å². The molecule has 0 bridgehead atoms. The lowest BCUT2D eigenvalue weighted by molar-refractivity contribution is -0.386. The zero-order chi connectivity index (χ0) is 14.6. The molecule has 0 radical (unpaired) electrons. The fourth-order valence-corrected chi connectivity index (χ4v) is 1.56. The smallest absolute Gasteiger partial charge is 0.317 e. The maximum atomic E-state index is 11.9. The number of nitro groups is 1. The summed E-state index contributed by atoms with van der Waals surface area (Å²) in [6.45, 7) is 4.92. The summed E-state index contributed by atoms with van der Waals surface area (Å²) < 4.78 is 9.87. The Morgan fingerprint density at radius 3 is 2.58 bits per heavy atom. The third kappa shape index (κ3) is 2.98. The summed E-state index contributed by atoms with van der Waals surface area (Å²) in [6, 6.07) is 2.64. The quantitative estimate of drug-likeness (QED) is 0.459. The van der Waals surface area contributed by atoms with Gasteiger partial charge in [-0.25, -0.2) is 4.98 Å². The number of hydrogen-bond donors (Lipinski definition) is 0. The first kappa shape index (κ1) is 14.9. The molecule has 1 heterocycles. The van der Waals surface area contributed by atoms with Crippen molar-refractivity contribution in [1.82, 2.24) is 4.98 Å². The largest absolute Gasteiger partial charge is 0.481 e. The fourth-order valence-electron chi connectivity index (χ4n) is 1.56. The van der Waals surface area contributed by atoms with Crippen molar-refractivity contribution in [3.05, 3.63) is 27.9 Å². The highest BCUT2D eigenvalue weighted by atomic mass is 16.6. The number of carbonyl (C=O) groups is 1. The maximum Gasteiger partial charge on any atom is 0.317 e. The van der Waals surface area contributed by atoms with E-state index in [4.69, 9.17) is 9.47 Å². The van der Waals surface area contributed by atoms with Crippen LogP contribution in [-0.2, 0) is 14.9 Å². The van der Waals surface area contributed by atoms with Crippen LogP contribution in [0.25, 0.3) is 0 Å². The molecule has 0 aromatic carbocycles. The number of carbonyl (C=O) groups excluding carboxylic acids is 1. The van der Waals surface area contributed by atoms with E-state index in [0.717, 1.165) is 0 Å². The molecular weight excluding hydrogens is 252 g/mol. The molecule has 0 saturated heterocycles. The van der Waals surface area contributed by atoms with Crippen LogP contribution >= 0.6 is 0 Å². The second kappa shape index (κ2) is 5.64. The van der Waals surface area contributed by atoms with Crippen LogP contribution in [0.5, 0.6) is 5.88 Å². The minimum Gasteiger partial charge on any atom is -0.481 e. The van der Waals surface area contributed by atoms with E-state index < -0.39 is 16.3 Å². The first-order valence-electron chi connectivity index (χ1n) is 5.71. The molecule has 1 rings (SSSR count). The molecule has 0 unspecified atom stereocenters. The van der Waals surface area contributed by atoms with Crippen LogP contribution in [0.2, 0.25) is 0 Å². The van der Waals surface area contributed by atoms with Crippen LogP contribution in [0, 0.1) is 10.1 Å². The van der Waals surface area contributed by atoms with Crippen LogP contribution in [-0.4, -0.2) is 29.6 Å². The van der Waals surface area contributed by atoms with Crippen molar-refractivity contribution in [3.63, 3.8) is 0 Å². The molecule has 0 atom stereocenters. The number of methoxy groups -OCH3 is 1. The molecule has 0 saturated carbocycles. The average molecular weight is 268 g/mol. The second-order valence-corrected chi connectivity index (χ2v) is 4.32. The first-order valence-corrected chi connectivity index (χ1v) is 5.71. The molecule has 19 heavy (non-hydrogen) atoms. The summed E-state index contributed by atoms with van der Waals surface area (Å²) in [7, 11) is 1.40. The minimum atomic E-state index is -1.23. The summed E-state index contributed by atoms with van der Waals surface area (Å²) in [5, 5.41) is 11.0. The van der Waals surface area contributed by atoms with Gasteiger partial charge in [-0.2, -0.15) is 0 Å². The molecule has 7 nitrogen and oxygen atoms in total. The van der Waals surface area contributed by atoms with Crippen molar-refractivity contribution in [1.29, 1.82) is 0 Å². The highest BCUT2D eigenvalue weighted by Crippen LogP contribution is 2.32. The Kier molecular flexibility index (Phi) is 4.42. The molecule has 0 fully saturated rings. The molecular formula is C12H16N2O5. The van der Waals surface area contributed by atoms with E-state index in [2.05, 4.69) is 4.98 Å². The number of pyridine rings is 1. The van der Waals surface area contributed by atoms with E-state index in [-0.39, 0.29) is 23.9 Å². The minimum absolute atomic E-state index is 0.0234. The van der Waals surface area contributed by atoms with Gasteiger partial charge >= 0.3 is 5.97 Å². The number of esters is 1. The molecule has 0 spiro atoms. The molecule has 7 heteroatoms. The predicted octanol–water partition coefficient (Wildman–Crippen LogP) is 1.84. The van der Waals surface area contributed by atoms with Gasteiger partial charge in [0.25, 0.3) is 5.69 Å². The lowest BCUT2D eigenvalue weighted by Crippen LogP contribution is -2.33. The van der Waals surface area contributed by atoms with Gasteiger partial charge in [0.2, 0.25) is 5.88 Å². The molecule has 0 aliphatic heterocycles. The summed E-state index contributed by atoms with van der Waals surface area (Å²) in [5.41, 5.74) is -1.44. The van der Waals surface area contributed by atoms with Crippen molar-refractivity contribution in [2.24, 2.45) is 0 Å². The van der Waals surface area contributed by atoms with E-state index in [1.54, 1.807) is 6.92 Å². The zero-order valence-corrected chi connectivity index (χ0v) is 11.3. The van der Waals surface area contributed by atoms with Crippen LogP contribution < -0.4 is 4.74 Å². The third-order valence-corrected chi connectivity index (χ3v) is 2.63. The zero-order valence-electron chi connectivity index (χ0n) is 11.3. The standard InChI is InChI=1S/C12H16N2O5/c1-5-19-11(15)12(2,3)10-8(14(16)17)6-7-9(13-10)18-4/h6-7H,5H2,1-4H3. The number of hydrogen-bond acceptors (Lipinski definition) is 6. The molecule has 0 amide bonds. The SMILES string of the molecule is CCOC(=O)C(C)(C)c1nc(OC)ccc1[N+](=O)[O-]. The van der Waals surface area contributed by atoms with E-state index in [9.17, 15) is 14.9 Å². The molecule has 1 aromatic heterocycles. The highest BCUT2D eigenvalue weighted by molar-refractivity contribution is 5.83. The number of nitrogens with zero attached hydrogens (tertiary/aromatic N) is 2. The number of rotatable bonds is 5. The van der Waals surface area contributed by atoms with Gasteiger partial charge < -0.3 is 9.47 Å². The Labute approximate surface area is 110 Å². The van der Waals surface area contributed by atoms with Gasteiger partial charge in [0.05, 0.1) is 18.6 Å². The van der Waals surface area contributed by atoms with Crippen LogP contribution in [0.15, 0.2) is 12.1 Å². The highest BCUT2D eigenvalue weighted by Gasteiger charge is 2.39. The number of ether oxygens (including phenoxy) is 2. The summed E-state index contributed by atoms with van der Waals surface area (Å²) >= 11 is 0. The van der Waals surface area contributed by atoms with Gasteiger partial charge in [0.1, 0.15) is 11.1 Å². The normalized spacial score (nSPS) is 10.9. The van der Waals surface area contributed by atoms with Crippen molar-refractivity contribution in [2.75, 3.05) is 13.7 Å². The average Bonchev–Trinajstić information content (AvgIpc) is 2.38. The first-order chi connectivity index (χ1) is 8.84. The Hall–Kier alpha value is -2.18. The van der Waals surface area contributed by atoms with Crippen molar-refractivity contribution in [2.45, 2.75) is 26.2 Å². The van der Waals surface area contributed by atoms with E-state index in [0.29, 0.717) is 0 Å². The van der Waals surface area contributed by atoms with Crippen LogP contribution in [0.4, 0.5) is 5.69 Å². The molecule has 1 aromatic rings. The predicted molar refractivity (Wildman–Crippen MR) is 67.1 cm³/mol. The van der Waals surface area contributed by atoms with Crippen LogP contribution in [0.1, 0.15) is 26.5 Å². The van der Waals surface area contributed by atoms with Crippen molar-refractivity contribution in [3.8, 4) is 5.88 Å². The van der Waals surface area contributed by atoms with Crippen molar-refractivity contribution < 1.29 is 19.2 Å². The van der Waals surface area contributed by atoms with Crippen LogP contribution in [0.3, 0.4) is 0 Å². The summed E-state index contributed by atoms with van der Waals surface area (Å²) in [5.74, 6) is -0.364. The molecule has 0 N–H and O–H groups in total. The lowest BCUT2D eigenvalue weighted by Gasteiger charge is -2.21. The van der Waals surface area contributed by atoms with Gasteiger partial charge in [0, 0.05) is 12.1 Å². The van der Waals surface area contributed by atoms with Gasteiger partial charge in [-0.3, -0.25) is 14.9 Å². The Morgan fingerprint density at radius 2 is 2.11 bits per heavy atom. The van der Waals surface area contributed by atoms with E-state index >= 15 is 0 Å².